The van der Waals surface area contributed by atoms with Crippen LogP contribution in [0.25, 0.3) is 11.0 Å². The number of aromatic nitrogens is 3. The summed E-state index contributed by atoms with van der Waals surface area (Å²) in [6, 6.07) is 14.0. The molecule has 0 bridgehead atoms. The number of para-hydroxylation sites is 1. The van der Waals surface area contributed by atoms with Gasteiger partial charge in [0, 0.05) is 69.7 Å². The second-order valence-electron chi connectivity index (χ2n) is 8.42. The Morgan fingerprint density at radius 3 is 2.70 bits per heavy atom. The number of imidazole rings is 1. The Kier molecular flexibility index (Phi) is 6.08. The van der Waals surface area contributed by atoms with Crippen molar-refractivity contribution in [3.8, 4) is 0 Å². The summed E-state index contributed by atoms with van der Waals surface area (Å²) in [5.41, 5.74) is 3.75. The number of benzene rings is 1. The van der Waals surface area contributed by atoms with Gasteiger partial charge in [-0.25, -0.2) is 4.98 Å². The molecular formula is C25H28N6O2. The van der Waals surface area contributed by atoms with E-state index < -0.39 is 0 Å². The highest BCUT2D eigenvalue weighted by atomic mass is 16.3. The van der Waals surface area contributed by atoms with Gasteiger partial charge in [-0.1, -0.05) is 18.2 Å². The normalized spacial score (nSPS) is 14.6. The molecule has 0 saturated carbocycles. The molecular weight excluding hydrogens is 416 g/mol. The van der Waals surface area contributed by atoms with Crippen LogP contribution < -0.4 is 10.2 Å². The first kappa shape index (κ1) is 21.2. The zero-order valence-corrected chi connectivity index (χ0v) is 18.8. The highest BCUT2D eigenvalue weighted by Gasteiger charge is 2.21. The van der Waals surface area contributed by atoms with E-state index >= 15 is 0 Å². The molecule has 3 aromatic heterocycles. The van der Waals surface area contributed by atoms with Gasteiger partial charge in [0.15, 0.2) is 11.3 Å². The zero-order chi connectivity index (χ0) is 22.6. The number of amides is 1. The van der Waals surface area contributed by atoms with Gasteiger partial charge in [0.05, 0.1) is 24.3 Å². The molecule has 1 aliphatic rings. The molecule has 1 N–H and O–H groups in total. The molecule has 1 fully saturated rings. The molecule has 1 aliphatic heterocycles. The number of nitrogens with zero attached hydrogens (tertiary/aromatic N) is 5. The minimum absolute atomic E-state index is 0.234. The van der Waals surface area contributed by atoms with Crippen LogP contribution in [0.1, 0.15) is 21.9 Å². The fraction of sp³-hybridized carbons (Fsp3) is 0.320. The van der Waals surface area contributed by atoms with Crippen LogP contribution in [0.3, 0.4) is 0 Å². The van der Waals surface area contributed by atoms with E-state index in [0.717, 1.165) is 67.2 Å². The first-order valence-corrected chi connectivity index (χ1v) is 11.3. The molecule has 0 aliphatic carbocycles. The molecule has 4 heterocycles. The van der Waals surface area contributed by atoms with Crippen LogP contribution in [0.5, 0.6) is 0 Å². The Bertz CT molecular complexity index is 1220. The number of hydrogen-bond acceptors (Lipinski definition) is 6. The summed E-state index contributed by atoms with van der Waals surface area (Å²) in [5.74, 6) is 0.0875. The van der Waals surface area contributed by atoms with Crippen molar-refractivity contribution < 1.29 is 9.21 Å². The van der Waals surface area contributed by atoms with Crippen molar-refractivity contribution in [3.63, 3.8) is 0 Å². The molecule has 1 saturated heterocycles. The highest BCUT2D eigenvalue weighted by Crippen LogP contribution is 2.30. The Morgan fingerprint density at radius 2 is 1.94 bits per heavy atom. The minimum Gasteiger partial charge on any atom is -0.449 e. The van der Waals surface area contributed by atoms with E-state index in [9.17, 15) is 4.79 Å². The molecule has 170 valence electrons. The van der Waals surface area contributed by atoms with Crippen molar-refractivity contribution in [2.75, 3.05) is 37.6 Å². The number of carbonyl (C=O) groups excluding carboxylic acids is 1. The molecule has 4 aromatic rings. The topological polar surface area (TPSA) is 79.4 Å². The van der Waals surface area contributed by atoms with Gasteiger partial charge in [-0.2, -0.15) is 0 Å². The van der Waals surface area contributed by atoms with Crippen LogP contribution in [-0.4, -0.2) is 58.1 Å². The van der Waals surface area contributed by atoms with Crippen molar-refractivity contribution in [1.82, 2.24) is 24.8 Å². The molecule has 0 spiro atoms. The predicted molar refractivity (Wildman–Crippen MR) is 127 cm³/mol. The zero-order valence-electron chi connectivity index (χ0n) is 18.8. The van der Waals surface area contributed by atoms with Gasteiger partial charge >= 0.3 is 0 Å². The molecule has 1 aromatic carbocycles. The standard InChI is InChI=1S/C25H28N6O2/c1-29-17-21(28-18-29)16-27-25(32)23-15-19-5-4-7-22(24(19)33-23)31-13-11-30(12-14-31)10-8-20-6-2-3-9-26-20/h2-7,9,15,17-18H,8,10-14,16H2,1H3,(H,27,32). The Hall–Kier alpha value is -3.65. The van der Waals surface area contributed by atoms with E-state index in [2.05, 4.69) is 37.2 Å². The summed E-state index contributed by atoms with van der Waals surface area (Å²) in [5, 5.41) is 3.83. The van der Waals surface area contributed by atoms with E-state index in [-0.39, 0.29) is 5.91 Å². The van der Waals surface area contributed by atoms with Gasteiger partial charge < -0.3 is 19.2 Å². The summed E-state index contributed by atoms with van der Waals surface area (Å²) < 4.78 is 7.89. The van der Waals surface area contributed by atoms with Crippen LogP contribution >= 0.6 is 0 Å². The first-order chi connectivity index (χ1) is 16.2. The lowest BCUT2D eigenvalue weighted by molar-refractivity contribution is 0.0925. The second-order valence-corrected chi connectivity index (χ2v) is 8.42. The number of pyridine rings is 1. The van der Waals surface area contributed by atoms with E-state index in [0.29, 0.717) is 12.3 Å². The number of hydrogen-bond donors (Lipinski definition) is 1. The lowest BCUT2D eigenvalue weighted by Crippen LogP contribution is -2.47. The average molecular weight is 445 g/mol. The minimum atomic E-state index is -0.234. The number of anilines is 1. The molecule has 0 unspecified atom stereocenters. The van der Waals surface area contributed by atoms with Crippen molar-refractivity contribution in [2.45, 2.75) is 13.0 Å². The molecule has 8 heteroatoms. The maximum Gasteiger partial charge on any atom is 0.287 e. The summed E-state index contributed by atoms with van der Waals surface area (Å²) in [7, 11) is 1.90. The number of furan rings is 1. The number of carbonyl (C=O) groups is 1. The van der Waals surface area contributed by atoms with E-state index in [1.807, 2.05) is 54.3 Å². The third kappa shape index (κ3) is 4.90. The van der Waals surface area contributed by atoms with Crippen LogP contribution in [0.2, 0.25) is 0 Å². The fourth-order valence-corrected chi connectivity index (χ4v) is 4.26. The lowest BCUT2D eigenvalue weighted by Gasteiger charge is -2.36. The lowest BCUT2D eigenvalue weighted by atomic mass is 10.2. The molecule has 8 nitrogen and oxygen atoms in total. The van der Waals surface area contributed by atoms with Gasteiger partial charge in [-0.05, 0) is 24.3 Å². The number of fused-ring (bicyclic) bond motifs is 1. The largest absolute Gasteiger partial charge is 0.449 e. The summed E-state index contributed by atoms with van der Waals surface area (Å²) in [4.78, 5) is 26.1. The summed E-state index contributed by atoms with van der Waals surface area (Å²) in [6.45, 7) is 5.19. The van der Waals surface area contributed by atoms with E-state index in [4.69, 9.17) is 4.42 Å². The maximum absolute atomic E-state index is 12.6. The highest BCUT2D eigenvalue weighted by molar-refractivity contribution is 5.99. The third-order valence-electron chi connectivity index (χ3n) is 6.06. The Morgan fingerprint density at radius 1 is 1.06 bits per heavy atom. The van der Waals surface area contributed by atoms with Crippen molar-refractivity contribution in [1.29, 1.82) is 0 Å². The van der Waals surface area contributed by atoms with Gasteiger partial charge in [0.2, 0.25) is 0 Å². The van der Waals surface area contributed by atoms with Crippen molar-refractivity contribution in [3.05, 3.63) is 78.3 Å². The average Bonchev–Trinajstić information content (AvgIpc) is 3.48. The number of piperazine rings is 1. The SMILES string of the molecule is Cn1cnc(CNC(=O)c2cc3cccc(N4CCN(CCc5ccccn5)CC4)c3o2)c1. The van der Waals surface area contributed by atoms with Crippen LogP contribution in [-0.2, 0) is 20.0 Å². The van der Waals surface area contributed by atoms with Gasteiger partial charge in [0.25, 0.3) is 5.91 Å². The molecule has 0 radical (unpaired) electrons. The number of aryl methyl sites for hydroxylation is 1. The predicted octanol–water partition coefficient (Wildman–Crippen LogP) is 2.86. The Balaban J connectivity index is 1.22. The van der Waals surface area contributed by atoms with Gasteiger partial charge in [-0.3, -0.25) is 14.7 Å². The smallest absolute Gasteiger partial charge is 0.287 e. The van der Waals surface area contributed by atoms with Gasteiger partial charge in [-0.15, -0.1) is 0 Å². The first-order valence-electron chi connectivity index (χ1n) is 11.3. The quantitative estimate of drug-likeness (QED) is 0.472. The van der Waals surface area contributed by atoms with Gasteiger partial charge in [0.1, 0.15) is 0 Å². The third-order valence-corrected chi connectivity index (χ3v) is 6.06. The van der Waals surface area contributed by atoms with Crippen LogP contribution in [0.15, 0.2) is 65.6 Å². The molecule has 5 rings (SSSR count). The Labute approximate surface area is 192 Å². The molecule has 33 heavy (non-hydrogen) atoms. The summed E-state index contributed by atoms with van der Waals surface area (Å²) >= 11 is 0. The number of rotatable bonds is 7. The van der Waals surface area contributed by atoms with Crippen molar-refractivity contribution in [2.24, 2.45) is 7.05 Å². The molecule has 0 atom stereocenters. The van der Waals surface area contributed by atoms with Crippen molar-refractivity contribution >= 4 is 22.6 Å². The fourth-order valence-electron chi connectivity index (χ4n) is 4.26. The maximum atomic E-state index is 12.6. The number of nitrogens with one attached hydrogen (secondary N) is 1. The van der Waals surface area contributed by atoms with Crippen LogP contribution in [0, 0.1) is 0 Å². The molecule has 1 amide bonds. The van der Waals surface area contributed by atoms with E-state index in [1.54, 1.807) is 6.33 Å². The monoisotopic (exact) mass is 444 g/mol. The van der Waals surface area contributed by atoms with Crippen LogP contribution in [0.4, 0.5) is 5.69 Å². The summed E-state index contributed by atoms with van der Waals surface area (Å²) in [6.07, 6.45) is 6.41. The van der Waals surface area contributed by atoms with E-state index in [1.165, 1.54) is 0 Å². The second kappa shape index (κ2) is 9.46.